The summed E-state index contributed by atoms with van der Waals surface area (Å²) in [6.07, 6.45) is -2.35. The molecule has 1 amide bonds. The van der Waals surface area contributed by atoms with Gasteiger partial charge in [0.05, 0.1) is 10.9 Å². The number of ether oxygens (including phenoxy) is 2. The maximum absolute atomic E-state index is 15.1. The molecule has 0 unspecified atom stereocenters. The van der Waals surface area contributed by atoms with Crippen LogP contribution in [-0.4, -0.2) is 53.6 Å². The normalized spacial score (nSPS) is 14.4. The van der Waals surface area contributed by atoms with Crippen molar-refractivity contribution in [2.24, 2.45) is 5.41 Å². The van der Waals surface area contributed by atoms with Crippen molar-refractivity contribution in [1.82, 2.24) is 20.2 Å². The average molecular weight is 646 g/mol. The zero-order chi connectivity index (χ0) is 31.6. The lowest BCUT2D eigenvalue weighted by molar-refractivity contribution is -0.136. The van der Waals surface area contributed by atoms with Gasteiger partial charge in [0.2, 0.25) is 0 Å². The largest absolute Gasteiger partial charge is 0.465 e. The van der Waals surface area contributed by atoms with Crippen molar-refractivity contribution in [3.05, 3.63) is 47.8 Å². The number of anilines is 1. The van der Waals surface area contributed by atoms with Gasteiger partial charge in [-0.05, 0) is 37.2 Å². The predicted molar refractivity (Wildman–Crippen MR) is 157 cm³/mol. The van der Waals surface area contributed by atoms with E-state index in [4.69, 9.17) is 26.8 Å². The molecule has 234 valence electrons. The highest BCUT2D eigenvalue weighted by Crippen LogP contribution is 2.44. The van der Waals surface area contributed by atoms with Crippen LogP contribution in [0, 0.1) is 17.0 Å². The van der Waals surface area contributed by atoms with E-state index in [0.29, 0.717) is 13.2 Å². The molecule has 0 radical (unpaired) electrons. The lowest BCUT2D eigenvalue weighted by atomic mass is 10.1. The van der Waals surface area contributed by atoms with Crippen molar-refractivity contribution in [3.8, 4) is 11.5 Å². The third-order valence-electron chi connectivity index (χ3n) is 6.92. The number of amides is 1. The van der Waals surface area contributed by atoms with Crippen LogP contribution in [0.1, 0.15) is 18.4 Å². The fourth-order valence-electron chi connectivity index (χ4n) is 4.26. The molecule has 2 heterocycles. The quantitative estimate of drug-likeness (QED) is 0.0740. The Bertz CT molecular complexity index is 1480. The molecule has 2 aromatic heterocycles. The second kappa shape index (κ2) is 12.6. The number of rotatable bonds is 12. The van der Waals surface area contributed by atoms with Gasteiger partial charge in [0.1, 0.15) is 18.1 Å². The van der Waals surface area contributed by atoms with E-state index in [1.165, 1.54) is 10.8 Å². The number of nitrogens with one attached hydrogen (secondary N) is 3. The van der Waals surface area contributed by atoms with E-state index in [-0.39, 0.29) is 35.1 Å². The smallest absolute Gasteiger partial charge is 0.418 e. The standard InChI is InChI=1S/C27H32F5N5O4SSi/c1-43(2,3)9-8-40-15-37-12-17(27(30,31)32)21-20(4-7-33-23(21)37)41-22-18(28)10-16(11-19(22)29)36-24(42)34-13-26(5-6-26)14-35-25(38)39/h4,7,10-12,35H,5-6,8-9,13-15H2,1-3H3,(H,38,39)(H2,34,36,42). The van der Waals surface area contributed by atoms with Gasteiger partial charge in [-0.15, -0.1) is 0 Å². The van der Waals surface area contributed by atoms with Gasteiger partial charge in [-0.3, -0.25) is 0 Å². The number of hydrogen-bond donors (Lipinski definition) is 4. The lowest BCUT2D eigenvalue weighted by Gasteiger charge is -2.18. The highest BCUT2D eigenvalue weighted by Gasteiger charge is 2.42. The minimum Gasteiger partial charge on any atom is -0.465 e. The highest BCUT2D eigenvalue weighted by molar-refractivity contribution is 7.80. The van der Waals surface area contributed by atoms with Crippen LogP contribution in [0.2, 0.25) is 25.7 Å². The number of halogens is 5. The Morgan fingerprint density at radius 2 is 1.81 bits per heavy atom. The number of carbonyl (C=O) groups is 1. The van der Waals surface area contributed by atoms with Gasteiger partial charge < -0.3 is 35.1 Å². The van der Waals surface area contributed by atoms with E-state index in [0.717, 1.165) is 43.3 Å². The number of pyridine rings is 1. The van der Waals surface area contributed by atoms with Crippen molar-refractivity contribution in [2.75, 3.05) is 25.0 Å². The van der Waals surface area contributed by atoms with Gasteiger partial charge in [-0.1, -0.05) is 19.6 Å². The number of benzene rings is 1. The lowest BCUT2D eigenvalue weighted by Crippen LogP contribution is -2.39. The van der Waals surface area contributed by atoms with E-state index in [9.17, 15) is 18.0 Å². The summed E-state index contributed by atoms with van der Waals surface area (Å²) in [5, 5.41) is 16.3. The highest BCUT2D eigenvalue weighted by atomic mass is 32.1. The van der Waals surface area contributed by atoms with Crippen LogP contribution in [0.5, 0.6) is 11.5 Å². The number of carboxylic acid groups (broad SMARTS) is 1. The molecule has 0 atom stereocenters. The molecule has 4 N–H and O–H groups in total. The van der Waals surface area contributed by atoms with Gasteiger partial charge >= 0.3 is 12.3 Å². The van der Waals surface area contributed by atoms with E-state index in [2.05, 4.69) is 40.6 Å². The summed E-state index contributed by atoms with van der Waals surface area (Å²) in [5.74, 6) is -3.69. The maximum Gasteiger partial charge on any atom is 0.418 e. The SMILES string of the molecule is C[Si](C)(C)CCOCn1cc(C(F)(F)F)c2c(Oc3c(F)cc(NC(=S)NCC4(CNC(=O)O)CC4)cc3F)ccnc21. The zero-order valence-electron chi connectivity index (χ0n) is 23.7. The van der Waals surface area contributed by atoms with Crippen LogP contribution < -0.4 is 20.7 Å². The van der Waals surface area contributed by atoms with Gasteiger partial charge in [0.25, 0.3) is 0 Å². The van der Waals surface area contributed by atoms with Gasteiger partial charge in [-0.25, -0.2) is 18.6 Å². The first-order valence-corrected chi connectivity index (χ1v) is 17.5. The Morgan fingerprint density at radius 3 is 2.40 bits per heavy atom. The number of hydrogen-bond acceptors (Lipinski definition) is 5. The minimum atomic E-state index is -4.81. The third kappa shape index (κ3) is 8.54. The Morgan fingerprint density at radius 1 is 1.16 bits per heavy atom. The fraction of sp³-hybridized carbons (Fsp3) is 0.444. The summed E-state index contributed by atoms with van der Waals surface area (Å²) in [5.41, 5.74) is -1.55. The Labute approximate surface area is 250 Å². The van der Waals surface area contributed by atoms with Gasteiger partial charge in [0.15, 0.2) is 22.5 Å². The van der Waals surface area contributed by atoms with Gasteiger partial charge in [-0.2, -0.15) is 13.2 Å². The van der Waals surface area contributed by atoms with Crippen LogP contribution in [-0.2, 0) is 17.6 Å². The molecule has 0 bridgehead atoms. The molecule has 1 fully saturated rings. The summed E-state index contributed by atoms with van der Waals surface area (Å²) in [6.45, 7) is 7.19. The molecule has 1 saturated carbocycles. The Hall–Kier alpha value is -3.50. The second-order valence-electron chi connectivity index (χ2n) is 11.7. The summed E-state index contributed by atoms with van der Waals surface area (Å²) in [7, 11) is -1.42. The summed E-state index contributed by atoms with van der Waals surface area (Å²) >= 11 is 5.19. The van der Waals surface area contributed by atoms with E-state index < -0.39 is 54.4 Å². The predicted octanol–water partition coefficient (Wildman–Crippen LogP) is 6.77. The molecule has 1 aliphatic carbocycles. The van der Waals surface area contributed by atoms with Crippen molar-refractivity contribution in [1.29, 1.82) is 0 Å². The van der Waals surface area contributed by atoms with E-state index >= 15 is 8.78 Å². The number of thiocarbonyl (C=S) groups is 1. The molecule has 0 spiro atoms. The fourth-order valence-corrected chi connectivity index (χ4v) is 5.21. The first-order chi connectivity index (χ1) is 20.1. The van der Waals surface area contributed by atoms with Crippen LogP contribution in [0.15, 0.2) is 30.6 Å². The summed E-state index contributed by atoms with van der Waals surface area (Å²) < 4.78 is 84.4. The van der Waals surface area contributed by atoms with Crippen LogP contribution in [0.3, 0.4) is 0 Å². The Kier molecular flexibility index (Phi) is 9.51. The first kappa shape index (κ1) is 32.4. The monoisotopic (exact) mass is 645 g/mol. The molecule has 0 saturated heterocycles. The number of aromatic nitrogens is 2. The number of alkyl halides is 3. The number of fused-ring (bicyclic) bond motifs is 1. The summed E-state index contributed by atoms with van der Waals surface area (Å²) in [6, 6.07) is 3.71. The first-order valence-electron chi connectivity index (χ1n) is 13.4. The molecule has 0 aliphatic heterocycles. The van der Waals surface area contributed by atoms with E-state index in [1.54, 1.807) is 0 Å². The molecule has 1 aromatic carbocycles. The molecule has 1 aliphatic rings. The van der Waals surface area contributed by atoms with Crippen molar-refractivity contribution < 1.29 is 41.3 Å². The van der Waals surface area contributed by atoms with Crippen molar-refractivity contribution in [3.63, 3.8) is 0 Å². The summed E-state index contributed by atoms with van der Waals surface area (Å²) in [4.78, 5) is 14.8. The topological polar surface area (TPSA) is 110 Å². The molecule has 9 nitrogen and oxygen atoms in total. The zero-order valence-corrected chi connectivity index (χ0v) is 25.5. The van der Waals surface area contributed by atoms with Crippen LogP contribution in [0.4, 0.5) is 32.4 Å². The van der Waals surface area contributed by atoms with Crippen molar-refractivity contribution in [2.45, 2.75) is 51.4 Å². The third-order valence-corrected chi connectivity index (χ3v) is 8.87. The number of nitrogens with zero attached hydrogens (tertiary/aromatic N) is 2. The Balaban J connectivity index is 1.50. The van der Waals surface area contributed by atoms with Crippen LogP contribution >= 0.6 is 12.2 Å². The molecule has 3 aromatic rings. The average Bonchev–Trinajstić information content (AvgIpc) is 3.57. The second-order valence-corrected chi connectivity index (χ2v) is 17.7. The minimum absolute atomic E-state index is 0.0492. The molecule has 43 heavy (non-hydrogen) atoms. The van der Waals surface area contributed by atoms with E-state index in [1.807, 2.05) is 0 Å². The maximum atomic E-state index is 15.1. The molecule has 16 heteroatoms. The molecular formula is C27H32F5N5O4SSi. The van der Waals surface area contributed by atoms with Gasteiger partial charge in [0, 0.05) is 63.4 Å². The van der Waals surface area contributed by atoms with Crippen molar-refractivity contribution >= 4 is 48.2 Å². The molecular weight excluding hydrogens is 613 g/mol. The molecule has 4 rings (SSSR count). The van der Waals surface area contributed by atoms with Crippen LogP contribution in [0.25, 0.3) is 11.0 Å².